The minimum Gasteiger partial charge on any atom is -0.488 e. The normalized spacial score (nSPS) is 18.4. The number of benzene rings is 1. The summed E-state index contributed by atoms with van der Waals surface area (Å²) in [6.45, 7) is 10.6. The molecule has 1 aromatic rings. The summed E-state index contributed by atoms with van der Waals surface area (Å²) in [6, 6.07) is 7.82. The SMILES string of the molecule is C=C(C)COc1ccccc1C(=O)N1CCN[C@@H](CC)C1. The van der Waals surface area contributed by atoms with Crippen molar-refractivity contribution in [1.82, 2.24) is 10.2 Å². The first kappa shape index (κ1) is 15.6. The van der Waals surface area contributed by atoms with Gasteiger partial charge >= 0.3 is 0 Å². The molecule has 1 N–H and O–H groups in total. The number of hydrogen-bond donors (Lipinski definition) is 1. The van der Waals surface area contributed by atoms with Crippen LogP contribution in [0.3, 0.4) is 0 Å². The monoisotopic (exact) mass is 288 g/mol. The molecule has 2 rings (SSSR count). The quantitative estimate of drug-likeness (QED) is 0.846. The van der Waals surface area contributed by atoms with Gasteiger partial charge in [-0.15, -0.1) is 0 Å². The highest BCUT2D eigenvalue weighted by molar-refractivity contribution is 5.97. The van der Waals surface area contributed by atoms with Gasteiger partial charge in [-0.05, 0) is 31.1 Å². The van der Waals surface area contributed by atoms with E-state index >= 15 is 0 Å². The van der Waals surface area contributed by atoms with Crippen molar-refractivity contribution in [3.63, 3.8) is 0 Å². The molecule has 1 aromatic carbocycles. The molecule has 0 aromatic heterocycles. The van der Waals surface area contributed by atoms with E-state index in [2.05, 4.69) is 18.8 Å². The molecule has 1 atom stereocenters. The molecule has 4 heteroatoms. The Morgan fingerprint density at radius 3 is 2.95 bits per heavy atom. The van der Waals surface area contributed by atoms with Gasteiger partial charge < -0.3 is 15.0 Å². The number of nitrogens with zero attached hydrogens (tertiary/aromatic N) is 1. The molecule has 1 aliphatic rings. The molecule has 1 heterocycles. The number of carbonyl (C=O) groups excluding carboxylic acids is 1. The third kappa shape index (κ3) is 4.08. The first-order valence-electron chi connectivity index (χ1n) is 7.50. The fourth-order valence-corrected chi connectivity index (χ4v) is 2.42. The van der Waals surface area contributed by atoms with Crippen LogP contribution in [-0.2, 0) is 0 Å². The Morgan fingerprint density at radius 2 is 2.24 bits per heavy atom. The van der Waals surface area contributed by atoms with Crippen LogP contribution in [0.4, 0.5) is 0 Å². The van der Waals surface area contributed by atoms with Crippen molar-refractivity contribution in [3.8, 4) is 5.75 Å². The second-order valence-electron chi connectivity index (χ2n) is 5.55. The van der Waals surface area contributed by atoms with Gasteiger partial charge in [0.25, 0.3) is 5.91 Å². The summed E-state index contributed by atoms with van der Waals surface area (Å²) in [6.07, 6.45) is 1.03. The van der Waals surface area contributed by atoms with Crippen molar-refractivity contribution in [2.45, 2.75) is 26.3 Å². The van der Waals surface area contributed by atoms with Crippen LogP contribution in [-0.4, -0.2) is 43.1 Å². The zero-order valence-corrected chi connectivity index (χ0v) is 12.9. The van der Waals surface area contributed by atoms with Crippen molar-refractivity contribution < 1.29 is 9.53 Å². The minimum absolute atomic E-state index is 0.0484. The zero-order chi connectivity index (χ0) is 15.2. The second kappa shape index (κ2) is 7.27. The number of ether oxygens (including phenoxy) is 1. The van der Waals surface area contributed by atoms with Gasteiger partial charge in [-0.2, -0.15) is 0 Å². The van der Waals surface area contributed by atoms with E-state index in [0.29, 0.717) is 24.0 Å². The molecule has 114 valence electrons. The van der Waals surface area contributed by atoms with Crippen LogP contribution < -0.4 is 10.1 Å². The zero-order valence-electron chi connectivity index (χ0n) is 12.9. The summed E-state index contributed by atoms with van der Waals surface area (Å²) in [7, 11) is 0. The van der Waals surface area contributed by atoms with Gasteiger partial charge in [0.15, 0.2) is 0 Å². The Hall–Kier alpha value is -1.81. The van der Waals surface area contributed by atoms with Crippen LogP contribution in [0.2, 0.25) is 0 Å². The standard InChI is InChI=1S/C17H24N2O2/c1-4-14-11-19(10-9-18-14)17(20)15-7-5-6-8-16(15)21-12-13(2)3/h5-8,14,18H,2,4,9-12H2,1,3H3/t14-/m0/s1. The molecule has 0 unspecified atom stereocenters. The molecular weight excluding hydrogens is 264 g/mol. The molecule has 1 amide bonds. The van der Waals surface area contributed by atoms with Crippen molar-refractivity contribution in [1.29, 1.82) is 0 Å². The van der Waals surface area contributed by atoms with Gasteiger partial charge in [0.2, 0.25) is 0 Å². The smallest absolute Gasteiger partial charge is 0.257 e. The lowest BCUT2D eigenvalue weighted by Gasteiger charge is -2.33. The number of nitrogens with one attached hydrogen (secondary N) is 1. The van der Waals surface area contributed by atoms with E-state index in [1.807, 2.05) is 36.1 Å². The average molecular weight is 288 g/mol. The van der Waals surface area contributed by atoms with Crippen LogP contribution in [0.15, 0.2) is 36.4 Å². The summed E-state index contributed by atoms with van der Waals surface area (Å²) in [5, 5.41) is 3.42. The summed E-state index contributed by atoms with van der Waals surface area (Å²) < 4.78 is 5.70. The molecule has 0 spiro atoms. The lowest BCUT2D eigenvalue weighted by atomic mass is 10.1. The third-order valence-corrected chi connectivity index (χ3v) is 3.63. The largest absolute Gasteiger partial charge is 0.488 e. The van der Waals surface area contributed by atoms with Gasteiger partial charge in [-0.3, -0.25) is 4.79 Å². The average Bonchev–Trinajstić information content (AvgIpc) is 2.52. The Balaban J connectivity index is 2.12. The number of piperazine rings is 1. The molecule has 0 radical (unpaired) electrons. The first-order valence-corrected chi connectivity index (χ1v) is 7.50. The minimum atomic E-state index is 0.0484. The van der Waals surface area contributed by atoms with Crippen LogP contribution in [0.25, 0.3) is 0 Å². The summed E-state index contributed by atoms with van der Waals surface area (Å²) >= 11 is 0. The maximum atomic E-state index is 12.7. The van der Waals surface area contributed by atoms with Gasteiger partial charge in [0.1, 0.15) is 12.4 Å². The van der Waals surface area contributed by atoms with Gasteiger partial charge in [-0.25, -0.2) is 0 Å². The van der Waals surface area contributed by atoms with E-state index < -0.39 is 0 Å². The molecule has 1 fully saturated rings. The number of amides is 1. The van der Waals surface area contributed by atoms with Crippen LogP contribution in [0.1, 0.15) is 30.6 Å². The van der Waals surface area contributed by atoms with Gasteiger partial charge in [0, 0.05) is 25.7 Å². The Morgan fingerprint density at radius 1 is 1.48 bits per heavy atom. The van der Waals surface area contributed by atoms with Crippen LogP contribution in [0, 0.1) is 0 Å². The molecule has 21 heavy (non-hydrogen) atoms. The number of rotatable bonds is 5. The summed E-state index contributed by atoms with van der Waals surface area (Å²) in [5.41, 5.74) is 1.57. The molecule has 1 saturated heterocycles. The number of para-hydroxylation sites is 1. The highest BCUT2D eigenvalue weighted by Crippen LogP contribution is 2.21. The van der Waals surface area contributed by atoms with Crippen molar-refractivity contribution in [3.05, 3.63) is 42.0 Å². The van der Waals surface area contributed by atoms with Crippen LogP contribution in [0.5, 0.6) is 5.75 Å². The fraction of sp³-hybridized carbons (Fsp3) is 0.471. The topological polar surface area (TPSA) is 41.6 Å². The molecule has 0 bridgehead atoms. The fourth-order valence-electron chi connectivity index (χ4n) is 2.42. The lowest BCUT2D eigenvalue weighted by Crippen LogP contribution is -2.52. The maximum absolute atomic E-state index is 12.7. The molecule has 1 aliphatic heterocycles. The van der Waals surface area contributed by atoms with Crippen molar-refractivity contribution in [2.75, 3.05) is 26.2 Å². The lowest BCUT2D eigenvalue weighted by molar-refractivity contribution is 0.0697. The molecular formula is C17H24N2O2. The predicted octanol–water partition coefficient (Wildman–Crippen LogP) is 2.47. The summed E-state index contributed by atoms with van der Waals surface area (Å²) in [5.74, 6) is 0.685. The van der Waals surface area contributed by atoms with E-state index in [1.54, 1.807) is 0 Å². The predicted molar refractivity (Wildman–Crippen MR) is 84.7 cm³/mol. The van der Waals surface area contributed by atoms with E-state index in [4.69, 9.17) is 4.74 Å². The molecule has 0 saturated carbocycles. The van der Waals surface area contributed by atoms with Crippen LogP contribution >= 0.6 is 0 Å². The molecule has 0 aliphatic carbocycles. The van der Waals surface area contributed by atoms with E-state index in [-0.39, 0.29) is 5.91 Å². The Bertz CT molecular complexity index is 513. The maximum Gasteiger partial charge on any atom is 0.257 e. The van der Waals surface area contributed by atoms with E-state index in [1.165, 1.54) is 0 Å². The molecule has 4 nitrogen and oxygen atoms in total. The highest BCUT2D eigenvalue weighted by atomic mass is 16.5. The number of carbonyl (C=O) groups is 1. The summed E-state index contributed by atoms with van der Waals surface area (Å²) in [4.78, 5) is 14.6. The van der Waals surface area contributed by atoms with Crippen molar-refractivity contribution in [2.24, 2.45) is 0 Å². The second-order valence-corrected chi connectivity index (χ2v) is 5.55. The Kier molecular flexibility index (Phi) is 5.39. The first-order chi connectivity index (χ1) is 10.1. The van der Waals surface area contributed by atoms with E-state index in [0.717, 1.165) is 31.6 Å². The van der Waals surface area contributed by atoms with E-state index in [9.17, 15) is 4.79 Å². The Labute approximate surface area is 126 Å². The number of hydrogen-bond acceptors (Lipinski definition) is 3. The van der Waals surface area contributed by atoms with Crippen molar-refractivity contribution >= 4 is 5.91 Å². The van der Waals surface area contributed by atoms with Gasteiger partial charge in [0.05, 0.1) is 5.56 Å². The van der Waals surface area contributed by atoms with Gasteiger partial charge in [-0.1, -0.05) is 25.6 Å². The third-order valence-electron chi connectivity index (χ3n) is 3.63. The highest BCUT2D eigenvalue weighted by Gasteiger charge is 2.24.